The van der Waals surface area contributed by atoms with Crippen LogP contribution in [0.1, 0.15) is 34.1 Å². The minimum atomic E-state index is 0.250. The van der Waals surface area contributed by atoms with E-state index in [4.69, 9.17) is 0 Å². The molecule has 0 saturated carbocycles. The Morgan fingerprint density at radius 2 is 2.00 bits per heavy atom. The Morgan fingerprint density at radius 3 is 2.42 bits per heavy atom. The zero-order chi connectivity index (χ0) is 9.19. The Hall–Kier alpha value is -0.790. The first-order chi connectivity index (χ1) is 5.60. The second-order valence-electron chi connectivity index (χ2n) is 3.82. The number of aryl methyl sites for hydroxylation is 1. The van der Waals surface area contributed by atoms with E-state index < -0.39 is 0 Å². The van der Waals surface area contributed by atoms with Crippen molar-refractivity contribution in [2.24, 2.45) is 0 Å². The number of nitrogens with zero attached hydrogens (tertiary/aromatic N) is 2. The molecule has 0 saturated heterocycles. The van der Waals surface area contributed by atoms with Crippen LogP contribution in [0.15, 0.2) is 18.7 Å². The van der Waals surface area contributed by atoms with E-state index in [1.54, 1.807) is 0 Å². The highest BCUT2D eigenvalue weighted by atomic mass is 15.1. The average molecular weight is 167 g/mol. The van der Waals surface area contributed by atoms with E-state index in [0.29, 0.717) is 0 Å². The first-order valence-electron chi connectivity index (χ1n) is 4.67. The van der Waals surface area contributed by atoms with Gasteiger partial charge in [0, 0.05) is 0 Å². The van der Waals surface area contributed by atoms with E-state index >= 15 is 0 Å². The van der Waals surface area contributed by atoms with Crippen LogP contribution in [0.25, 0.3) is 0 Å². The molecule has 0 unspecified atom stereocenters. The van der Waals surface area contributed by atoms with Gasteiger partial charge in [-0.2, -0.15) is 0 Å². The molecule has 0 aliphatic carbocycles. The Balaban J connectivity index is 2.88. The molecule has 0 aliphatic rings. The summed E-state index contributed by atoms with van der Waals surface area (Å²) in [4.78, 5) is 0. The molecular formula is C10H19N2+. The van der Waals surface area contributed by atoms with Crippen molar-refractivity contribution in [2.45, 2.75) is 46.2 Å². The van der Waals surface area contributed by atoms with Gasteiger partial charge >= 0.3 is 0 Å². The van der Waals surface area contributed by atoms with Gasteiger partial charge in [0.2, 0.25) is 6.33 Å². The fourth-order valence-corrected chi connectivity index (χ4v) is 1.12. The molecule has 12 heavy (non-hydrogen) atoms. The summed E-state index contributed by atoms with van der Waals surface area (Å²) in [5.41, 5.74) is 0.250. The van der Waals surface area contributed by atoms with Gasteiger partial charge < -0.3 is 0 Å². The van der Waals surface area contributed by atoms with Crippen molar-refractivity contribution in [3.05, 3.63) is 18.7 Å². The predicted molar refractivity (Wildman–Crippen MR) is 49.9 cm³/mol. The quantitative estimate of drug-likeness (QED) is 0.608. The highest BCUT2D eigenvalue weighted by molar-refractivity contribution is 4.80. The van der Waals surface area contributed by atoms with Gasteiger partial charge in [0.15, 0.2) is 0 Å². The number of hydrogen-bond donors (Lipinski definition) is 0. The molecule has 1 heterocycles. The van der Waals surface area contributed by atoms with Gasteiger partial charge in [-0.05, 0) is 27.2 Å². The van der Waals surface area contributed by atoms with Gasteiger partial charge in [-0.3, -0.25) is 0 Å². The number of rotatable bonds is 3. The standard InChI is InChI=1S/C10H19N2/c1-5-10(3,4)12-8-7-11(6-2)9-12/h7-9H,5-6H2,1-4H3/q+1. The molecule has 1 aromatic rings. The van der Waals surface area contributed by atoms with E-state index in [-0.39, 0.29) is 5.54 Å². The second kappa shape index (κ2) is 3.30. The van der Waals surface area contributed by atoms with Crippen LogP contribution in [0.2, 0.25) is 0 Å². The SMILES string of the molecule is CC[n+]1ccn(C(C)(C)CC)c1. The molecule has 0 spiro atoms. The third kappa shape index (κ3) is 1.68. The predicted octanol–water partition coefficient (Wildman–Crippen LogP) is 1.94. The molecule has 68 valence electrons. The highest BCUT2D eigenvalue weighted by Gasteiger charge is 2.22. The molecular weight excluding hydrogens is 148 g/mol. The van der Waals surface area contributed by atoms with Gasteiger partial charge in [0.25, 0.3) is 0 Å². The van der Waals surface area contributed by atoms with Crippen LogP contribution in [-0.4, -0.2) is 4.57 Å². The number of hydrogen-bond acceptors (Lipinski definition) is 0. The van der Waals surface area contributed by atoms with Gasteiger partial charge in [0.05, 0.1) is 6.54 Å². The van der Waals surface area contributed by atoms with Crippen LogP contribution in [0, 0.1) is 0 Å². The third-order valence-corrected chi connectivity index (χ3v) is 2.62. The first-order valence-corrected chi connectivity index (χ1v) is 4.67. The minimum absolute atomic E-state index is 0.250. The van der Waals surface area contributed by atoms with Crippen molar-refractivity contribution in [3.63, 3.8) is 0 Å². The van der Waals surface area contributed by atoms with Crippen LogP contribution >= 0.6 is 0 Å². The van der Waals surface area contributed by atoms with Crippen LogP contribution < -0.4 is 4.57 Å². The first kappa shape index (κ1) is 9.30. The molecule has 2 nitrogen and oxygen atoms in total. The van der Waals surface area contributed by atoms with Crippen molar-refractivity contribution in [3.8, 4) is 0 Å². The van der Waals surface area contributed by atoms with Crippen LogP contribution in [0.4, 0.5) is 0 Å². The summed E-state index contributed by atoms with van der Waals surface area (Å²) >= 11 is 0. The second-order valence-corrected chi connectivity index (χ2v) is 3.82. The molecule has 1 rings (SSSR count). The lowest BCUT2D eigenvalue weighted by Crippen LogP contribution is -2.31. The molecule has 1 aromatic heterocycles. The normalized spacial score (nSPS) is 12.0. The summed E-state index contributed by atoms with van der Waals surface area (Å²) in [5.74, 6) is 0. The Bertz CT molecular complexity index is 248. The Morgan fingerprint density at radius 1 is 1.33 bits per heavy atom. The van der Waals surface area contributed by atoms with E-state index in [1.807, 2.05) is 0 Å². The topological polar surface area (TPSA) is 8.81 Å². The van der Waals surface area contributed by atoms with Crippen molar-refractivity contribution in [1.82, 2.24) is 4.57 Å². The molecule has 0 radical (unpaired) electrons. The summed E-state index contributed by atoms with van der Waals surface area (Å²) in [6, 6.07) is 0. The highest BCUT2D eigenvalue weighted by Crippen LogP contribution is 2.17. The number of aromatic nitrogens is 2. The van der Waals surface area contributed by atoms with Gasteiger partial charge in [0.1, 0.15) is 17.9 Å². The smallest absolute Gasteiger partial charge is 0.237 e. The number of imidazole rings is 1. The molecule has 0 N–H and O–H groups in total. The van der Waals surface area contributed by atoms with Crippen molar-refractivity contribution < 1.29 is 4.57 Å². The van der Waals surface area contributed by atoms with Crippen LogP contribution in [0.3, 0.4) is 0 Å². The van der Waals surface area contributed by atoms with E-state index in [0.717, 1.165) is 13.0 Å². The molecule has 0 amide bonds. The van der Waals surface area contributed by atoms with E-state index in [9.17, 15) is 0 Å². The van der Waals surface area contributed by atoms with Crippen LogP contribution in [0.5, 0.6) is 0 Å². The van der Waals surface area contributed by atoms with Gasteiger partial charge in [-0.25, -0.2) is 9.13 Å². The maximum Gasteiger partial charge on any atom is 0.244 e. The molecule has 0 fully saturated rings. The summed E-state index contributed by atoms with van der Waals surface area (Å²) in [7, 11) is 0. The lowest BCUT2D eigenvalue weighted by molar-refractivity contribution is -0.693. The maximum atomic E-state index is 2.27. The largest absolute Gasteiger partial charge is 0.244 e. The van der Waals surface area contributed by atoms with Crippen molar-refractivity contribution >= 4 is 0 Å². The van der Waals surface area contributed by atoms with E-state index in [2.05, 4.69) is 55.6 Å². The fraction of sp³-hybridized carbons (Fsp3) is 0.700. The summed E-state index contributed by atoms with van der Waals surface area (Å²) in [6.07, 6.45) is 7.60. The molecule has 0 atom stereocenters. The van der Waals surface area contributed by atoms with Crippen LogP contribution in [-0.2, 0) is 12.1 Å². The van der Waals surface area contributed by atoms with Gasteiger partial charge in [-0.1, -0.05) is 6.92 Å². The zero-order valence-corrected chi connectivity index (χ0v) is 8.54. The Kier molecular flexibility index (Phi) is 2.55. The maximum absolute atomic E-state index is 2.27. The fourth-order valence-electron chi connectivity index (χ4n) is 1.12. The molecule has 0 aromatic carbocycles. The zero-order valence-electron chi connectivity index (χ0n) is 8.54. The Labute approximate surface area is 74.8 Å². The third-order valence-electron chi connectivity index (χ3n) is 2.62. The molecule has 2 heteroatoms. The lowest BCUT2D eigenvalue weighted by atomic mass is 10.0. The monoisotopic (exact) mass is 167 g/mol. The minimum Gasteiger partial charge on any atom is -0.237 e. The summed E-state index contributed by atoms with van der Waals surface area (Å²) < 4.78 is 4.47. The summed E-state index contributed by atoms with van der Waals surface area (Å²) in [6.45, 7) is 9.94. The van der Waals surface area contributed by atoms with E-state index in [1.165, 1.54) is 0 Å². The summed E-state index contributed by atoms with van der Waals surface area (Å²) in [5, 5.41) is 0. The van der Waals surface area contributed by atoms with Crippen molar-refractivity contribution in [1.29, 1.82) is 0 Å². The molecule has 0 aliphatic heterocycles. The average Bonchev–Trinajstić information content (AvgIpc) is 2.52. The van der Waals surface area contributed by atoms with Crippen molar-refractivity contribution in [2.75, 3.05) is 0 Å². The van der Waals surface area contributed by atoms with Gasteiger partial charge in [-0.15, -0.1) is 0 Å². The molecule has 0 bridgehead atoms. The lowest BCUT2D eigenvalue weighted by Gasteiger charge is -2.18.